The minimum Gasteiger partial charge on any atom is -0.356 e. The number of piperidine rings is 1. The van der Waals surface area contributed by atoms with Crippen LogP contribution in [0, 0.1) is 5.92 Å². The normalized spacial score (nSPS) is 15.6. The van der Waals surface area contributed by atoms with E-state index in [-0.39, 0.29) is 22.4 Å². The first kappa shape index (κ1) is 23.9. The Bertz CT molecular complexity index is 1280. The molecule has 4 rings (SSSR count). The lowest BCUT2D eigenvalue weighted by molar-refractivity contribution is -0.146. The number of halogens is 3. The van der Waals surface area contributed by atoms with Gasteiger partial charge in [0.1, 0.15) is 5.82 Å². The van der Waals surface area contributed by atoms with Gasteiger partial charge in [-0.3, -0.25) is 4.79 Å². The SMILES string of the molecule is NS(=O)(=O)c1ccc(CCNC(=O)C2CCN(c3ccc4nnc(C(F)(F)F)n4n3)CC2)cc1. The lowest BCUT2D eigenvalue weighted by Crippen LogP contribution is -2.41. The van der Waals surface area contributed by atoms with Gasteiger partial charge in [-0.15, -0.1) is 15.3 Å². The van der Waals surface area contributed by atoms with Gasteiger partial charge in [0, 0.05) is 25.6 Å². The minimum absolute atomic E-state index is 0.00429. The highest BCUT2D eigenvalue weighted by atomic mass is 32.2. The van der Waals surface area contributed by atoms with Crippen molar-refractivity contribution in [2.24, 2.45) is 11.1 Å². The van der Waals surface area contributed by atoms with Crippen LogP contribution >= 0.6 is 0 Å². The number of benzene rings is 1. The second-order valence-corrected chi connectivity index (χ2v) is 9.54. The fourth-order valence-corrected chi connectivity index (χ4v) is 4.33. The molecule has 0 saturated carbocycles. The molecule has 3 aromatic rings. The Morgan fingerprint density at radius 2 is 1.76 bits per heavy atom. The second kappa shape index (κ2) is 9.18. The van der Waals surface area contributed by atoms with Crippen molar-refractivity contribution < 1.29 is 26.4 Å². The number of hydrogen-bond donors (Lipinski definition) is 2. The van der Waals surface area contributed by atoms with E-state index in [1.165, 1.54) is 18.2 Å². The van der Waals surface area contributed by atoms with E-state index in [4.69, 9.17) is 5.14 Å². The summed E-state index contributed by atoms with van der Waals surface area (Å²) in [6.07, 6.45) is -3.08. The number of fused-ring (bicyclic) bond motifs is 1. The summed E-state index contributed by atoms with van der Waals surface area (Å²) in [6, 6.07) is 9.16. The zero-order valence-electron chi connectivity index (χ0n) is 17.9. The molecular formula is C20H22F3N7O3S. The van der Waals surface area contributed by atoms with Gasteiger partial charge in [-0.25, -0.2) is 13.6 Å². The molecule has 1 amide bonds. The van der Waals surface area contributed by atoms with Crippen LogP contribution in [0.25, 0.3) is 5.65 Å². The number of hydrogen-bond acceptors (Lipinski definition) is 7. The topological polar surface area (TPSA) is 136 Å². The van der Waals surface area contributed by atoms with Gasteiger partial charge in [-0.05, 0) is 49.1 Å². The number of nitrogens with two attached hydrogens (primary N) is 1. The smallest absolute Gasteiger partial charge is 0.356 e. The average Bonchev–Trinajstić information content (AvgIpc) is 3.23. The number of rotatable bonds is 6. The van der Waals surface area contributed by atoms with Gasteiger partial charge in [0.25, 0.3) is 5.82 Å². The number of alkyl halides is 3. The van der Waals surface area contributed by atoms with Gasteiger partial charge in [0.2, 0.25) is 15.9 Å². The summed E-state index contributed by atoms with van der Waals surface area (Å²) >= 11 is 0. The highest BCUT2D eigenvalue weighted by Crippen LogP contribution is 2.28. The number of primary sulfonamides is 1. The maximum absolute atomic E-state index is 13.1. The molecular weight excluding hydrogens is 475 g/mol. The van der Waals surface area contributed by atoms with Crippen molar-refractivity contribution in [2.75, 3.05) is 24.5 Å². The summed E-state index contributed by atoms with van der Waals surface area (Å²) in [5, 5.41) is 18.7. The highest BCUT2D eigenvalue weighted by molar-refractivity contribution is 7.89. The number of sulfonamides is 1. The molecule has 182 valence electrons. The van der Waals surface area contributed by atoms with Crippen molar-refractivity contribution in [3.05, 3.63) is 47.8 Å². The third-order valence-electron chi connectivity index (χ3n) is 5.66. The number of carbonyl (C=O) groups excluding carboxylic acids is 1. The lowest BCUT2D eigenvalue weighted by Gasteiger charge is -2.32. The summed E-state index contributed by atoms with van der Waals surface area (Å²) in [4.78, 5) is 14.4. The van der Waals surface area contributed by atoms with Crippen LogP contribution in [0.15, 0.2) is 41.3 Å². The first-order chi connectivity index (χ1) is 16.0. The van der Waals surface area contributed by atoms with Crippen LogP contribution < -0.4 is 15.4 Å². The van der Waals surface area contributed by atoms with Crippen molar-refractivity contribution in [1.82, 2.24) is 25.1 Å². The van der Waals surface area contributed by atoms with E-state index in [1.807, 2.05) is 4.90 Å². The molecule has 0 bridgehead atoms. The number of amides is 1. The van der Waals surface area contributed by atoms with Crippen LogP contribution in [-0.4, -0.2) is 53.8 Å². The molecule has 0 spiro atoms. The van der Waals surface area contributed by atoms with E-state index in [9.17, 15) is 26.4 Å². The molecule has 10 nitrogen and oxygen atoms in total. The zero-order valence-corrected chi connectivity index (χ0v) is 18.7. The standard InChI is InChI=1S/C20H22F3N7O3S/c21-20(22,23)19-27-26-16-5-6-17(28-30(16)19)29-11-8-14(9-12-29)18(31)25-10-7-13-1-3-15(4-2-13)34(24,32)33/h1-6,14H,7-12H2,(H,25,31)(H2,24,32,33). The maximum Gasteiger partial charge on any atom is 0.453 e. The van der Waals surface area contributed by atoms with E-state index in [2.05, 4.69) is 20.6 Å². The third kappa shape index (κ3) is 5.28. The van der Waals surface area contributed by atoms with Crippen molar-refractivity contribution in [3.63, 3.8) is 0 Å². The predicted octanol–water partition coefficient (Wildman–Crippen LogP) is 1.37. The summed E-state index contributed by atoms with van der Waals surface area (Å²) in [5.74, 6) is -1.13. The molecule has 0 unspecified atom stereocenters. The first-order valence-electron chi connectivity index (χ1n) is 10.5. The van der Waals surface area contributed by atoms with Crippen molar-refractivity contribution in [2.45, 2.75) is 30.3 Å². The Balaban J connectivity index is 1.29. The third-order valence-corrected chi connectivity index (χ3v) is 6.59. The van der Waals surface area contributed by atoms with Crippen LogP contribution in [0.5, 0.6) is 0 Å². The first-order valence-corrected chi connectivity index (χ1v) is 12.0. The second-order valence-electron chi connectivity index (χ2n) is 7.97. The van der Waals surface area contributed by atoms with Gasteiger partial charge < -0.3 is 10.2 Å². The van der Waals surface area contributed by atoms with Gasteiger partial charge in [0.15, 0.2) is 5.65 Å². The van der Waals surface area contributed by atoms with E-state index < -0.39 is 22.0 Å². The summed E-state index contributed by atoms with van der Waals surface area (Å²) in [5.41, 5.74) is 0.862. The van der Waals surface area contributed by atoms with Gasteiger partial charge in [-0.2, -0.15) is 17.7 Å². The molecule has 3 N–H and O–H groups in total. The number of nitrogens with zero attached hydrogens (tertiary/aromatic N) is 5. The lowest BCUT2D eigenvalue weighted by atomic mass is 9.96. The molecule has 1 fully saturated rings. The molecule has 3 heterocycles. The van der Waals surface area contributed by atoms with Crippen LogP contribution in [0.4, 0.5) is 19.0 Å². The fraction of sp³-hybridized carbons (Fsp3) is 0.400. The van der Waals surface area contributed by atoms with E-state index >= 15 is 0 Å². The molecule has 1 aliphatic rings. The zero-order chi connectivity index (χ0) is 24.5. The maximum atomic E-state index is 13.1. The quantitative estimate of drug-likeness (QED) is 0.525. The molecule has 34 heavy (non-hydrogen) atoms. The molecule has 1 aliphatic heterocycles. The van der Waals surface area contributed by atoms with Crippen LogP contribution in [0.2, 0.25) is 0 Å². The Labute approximate surface area is 193 Å². The molecule has 2 aromatic heterocycles. The summed E-state index contributed by atoms with van der Waals surface area (Å²) in [6.45, 7) is 1.32. The van der Waals surface area contributed by atoms with E-state index in [1.54, 1.807) is 18.2 Å². The number of anilines is 1. The Morgan fingerprint density at radius 1 is 1.09 bits per heavy atom. The summed E-state index contributed by atoms with van der Waals surface area (Å²) < 4.78 is 62.5. The van der Waals surface area contributed by atoms with E-state index in [0.717, 1.165) is 5.56 Å². The van der Waals surface area contributed by atoms with Crippen molar-refractivity contribution in [1.29, 1.82) is 0 Å². The Morgan fingerprint density at radius 3 is 2.38 bits per heavy atom. The molecule has 1 aromatic carbocycles. The Kier molecular flexibility index (Phi) is 6.45. The van der Waals surface area contributed by atoms with Crippen LogP contribution in [0.3, 0.4) is 0 Å². The van der Waals surface area contributed by atoms with Crippen molar-refractivity contribution >= 4 is 27.4 Å². The van der Waals surface area contributed by atoms with Crippen LogP contribution in [0.1, 0.15) is 24.2 Å². The van der Waals surface area contributed by atoms with Gasteiger partial charge in [-0.1, -0.05) is 12.1 Å². The predicted molar refractivity (Wildman–Crippen MR) is 115 cm³/mol. The van der Waals surface area contributed by atoms with Crippen LogP contribution in [-0.2, 0) is 27.4 Å². The fourth-order valence-electron chi connectivity index (χ4n) is 3.82. The number of nitrogens with one attached hydrogen (secondary N) is 1. The summed E-state index contributed by atoms with van der Waals surface area (Å²) in [7, 11) is -3.75. The largest absolute Gasteiger partial charge is 0.453 e. The molecule has 14 heteroatoms. The highest BCUT2D eigenvalue weighted by Gasteiger charge is 2.38. The molecule has 0 atom stereocenters. The Hall–Kier alpha value is -3.26. The number of carbonyl (C=O) groups is 1. The average molecular weight is 498 g/mol. The van der Waals surface area contributed by atoms with Gasteiger partial charge in [0.05, 0.1) is 4.90 Å². The van der Waals surface area contributed by atoms with Crippen molar-refractivity contribution in [3.8, 4) is 0 Å². The minimum atomic E-state index is -4.67. The van der Waals surface area contributed by atoms with Gasteiger partial charge >= 0.3 is 6.18 Å². The van der Waals surface area contributed by atoms with E-state index in [0.29, 0.717) is 49.2 Å². The number of aromatic nitrogens is 4. The molecule has 0 aliphatic carbocycles. The molecule has 1 saturated heterocycles. The monoisotopic (exact) mass is 497 g/mol. The molecule has 0 radical (unpaired) electrons.